The van der Waals surface area contributed by atoms with Gasteiger partial charge in [0.05, 0.1) is 11.3 Å². The van der Waals surface area contributed by atoms with Gasteiger partial charge in [0.15, 0.2) is 5.78 Å². The maximum Gasteiger partial charge on any atom is 0.302 e. The molecule has 0 aliphatic carbocycles. The summed E-state index contributed by atoms with van der Waals surface area (Å²) in [5.41, 5.74) is 1.77. The molecule has 0 saturated carbocycles. The minimum atomic E-state index is -0.339. The number of benzene rings is 1. The Labute approximate surface area is 156 Å². The van der Waals surface area contributed by atoms with Gasteiger partial charge < -0.3 is 14.4 Å². The number of thioether (sulfide) groups is 1. The molecule has 1 amide bonds. The van der Waals surface area contributed by atoms with Gasteiger partial charge in [0.2, 0.25) is 5.91 Å². The molecule has 7 heteroatoms. The molecule has 0 radical (unpaired) electrons. The lowest BCUT2D eigenvalue weighted by atomic mass is 9.91. The number of carbonyl (C=O) groups is 3. The normalized spacial score (nSPS) is 21.8. The first-order valence-corrected chi connectivity index (χ1v) is 9.48. The maximum absolute atomic E-state index is 12.5. The van der Waals surface area contributed by atoms with Gasteiger partial charge in [-0.3, -0.25) is 14.4 Å². The van der Waals surface area contributed by atoms with Gasteiger partial charge in [-0.05, 0) is 24.6 Å². The number of esters is 1. The second-order valence-electron chi connectivity index (χ2n) is 6.33. The zero-order chi connectivity index (χ0) is 18.7. The van der Waals surface area contributed by atoms with Gasteiger partial charge in [0, 0.05) is 24.8 Å². The van der Waals surface area contributed by atoms with E-state index in [4.69, 9.17) is 9.47 Å². The molecular formula is C19H21NO5S. The predicted molar refractivity (Wildman–Crippen MR) is 97.5 cm³/mol. The fraction of sp³-hybridized carbons (Fsp3) is 0.421. The third kappa shape index (κ3) is 3.93. The molecule has 0 N–H and O–H groups in total. The Bertz CT molecular complexity index is 746. The van der Waals surface area contributed by atoms with Crippen LogP contribution in [0.25, 0.3) is 0 Å². The molecule has 2 aliphatic heterocycles. The number of para-hydroxylation sites is 1. The summed E-state index contributed by atoms with van der Waals surface area (Å²) in [5.74, 6) is 0.557. The van der Waals surface area contributed by atoms with Crippen molar-refractivity contribution in [1.29, 1.82) is 0 Å². The van der Waals surface area contributed by atoms with Gasteiger partial charge in [0.1, 0.15) is 19.0 Å². The minimum Gasteiger partial charge on any atom is -0.486 e. The molecule has 0 spiro atoms. The van der Waals surface area contributed by atoms with Crippen molar-refractivity contribution in [3.8, 4) is 5.75 Å². The second kappa shape index (κ2) is 7.95. The fourth-order valence-electron chi connectivity index (χ4n) is 3.04. The lowest BCUT2D eigenvalue weighted by Gasteiger charge is -2.50. The van der Waals surface area contributed by atoms with E-state index in [1.165, 1.54) is 6.92 Å². The third-order valence-corrected chi connectivity index (χ3v) is 5.89. The van der Waals surface area contributed by atoms with Crippen molar-refractivity contribution >= 4 is 29.4 Å². The number of Topliss-reactive ketones (excluding diaryl/α,β-unsaturated/α-hetero) is 1. The van der Waals surface area contributed by atoms with Crippen molar-refractivity contribution in [2.45, 2.75) is 25.6 Å². The Kier molecular flexibility index (Phi) is 5.66. The highest BCUT2D eigenvalue weighted by Crippen LogP contribution is 2.44. The Morgan fingerprint density at radius 1 is 1.27 bits per heavy atom. The Hall–Kier alpha value is -2.28. The highest BCUT2D eigenvalue weighted by Gasteiger charge is 2.51. The van der Waals surface area contributed by atoms with E-state index < -0.39 is 0 Å². The van der Waals surface area contributed by atoms with Crippen molar-refractivity contribution in [2.75, 3.05) is 19.0 Å². The molecule has 2 atom stereocenters. The SMILES string of the molecule is CC(=O)OCC1=C(C)N2C(=O)C(CC(=O)COc3ccccc3)C2SC1. The topological polar surface area (TPSA) is 72.9 Å². The molecule has 1 aromatic rings. The van der Waals surface area contributed by atoms with Gasteiger partial charge in [-0.25, -0.2) is 0 Å². The molecule has 138 valence electrons. The first-order chi connectivity index (χ1) is 12.5. The summed E-state index contributed by atoms with van der Waals surface area (Å²) in [6.45, 7) is 3.40. The van der Waals surface area contributed by atoms with Crippen molar-refractivity contribution in [1.82, 2.24) is 4.90 Å². The molecule has 2 aliphatic rings. The number of rotatable bonds is 7. The molecule has 0 bridgehead atoms. The summed E-state index contributed by atoms with van der Waals surface area (Å²) >= 11 is 1.61. The highest BCUT2D eigenvalue weighted by atomic mass is 32.2. The van der Waals surface area contributed by atoms with Crippen LogP contribution in [-0.4, -0.2) is 46.9 Å². The number of carbonyl (C=O) groups excluding carboxylic acids is 3. The van der Waals surface area contributed by atoms with Crippen LogP contribution in [0.15, 0.2) is 41.6 Å². The zero-order valence-electron chi connectivity index (χ0n) is 14.8. The molecular weight excluding hydrogens is 354 g/mol. The van der Waals surface area contributed by atoms with E-state index in [2.05, 4.69) is 0 Å². The van der Waals surface area contributed by atoms with Gasteiger partial charge >= 0.3 is 5.97 Å². The van der Waals surface area contributed by atoms with Crippen molar-refractivity contribution in [3.63, 3.8) is 0 Å². The van der Waals surface area contributed by atoms with Gasteiger partial charge in [-0.15, -0.1) is 11.8 Å². The van der Waals surface area contributed by atoms with E-state index in [0.717, 1.165) is 11.3 Å². The molecule has 1 saturated heterocycles. The molecule has 26 heavy (non-hydrogen) atoms. The van der Waals surface area contributed by atoms with E-state index >= 15 is 0 Å². The third-order valence-electron chi connectivity index (χ3n) is 4.49. The summed E-state index contributed by atoms with van der Waals surface area (Å²) in [4.78, 5) is 37.4. The van der Waals surface area contributed by atoms with Gasteiger partial charge in [0.25, 0.3) is 0 Å². The number of fused-ring (bicyclic) bond motifs is 1. The predicted octanol–water partition coefficient (Wildman–Crippen LogP) is 2.39. The second-order valence-corrected chi connectivity index (χ2v) is 7.44. The summed E-state index contributed by atoms with van der Waals surface area (Å²) in [6.07, 6.45) is 0.187. The summed E-state index contributed by atoms with van der Waals surface area (Å²) in [5, 5.41) is -0.0238. The maximum atomic E-state index is 12.5. The number of hydrogen-bond donors (Lipinski definition) is 0. The van der Waals surface area contributed by atoms with E-state index in [1.54, 1.807) is 28.8 Å². The van der Waals surface area contributed by atoms with Crippen LogP contribution < -0.4 is 4.74 Å². The Morgan fingerprint density at radius 3 is 2.69 bits per heavy atom. The first-order valence-electron chi connectivity index (χ1n) is 8.43. The zero-order valence-corrected chi connectivity index (χ0v) is 15.6. The summed E-state index contributed by atoms with van der Waals surface area (Å²) < 4.78 is 10.5. The lowest BCUT2D eigenvalue weighted by molar-refractivity contribution is -0.149. The van der Waals surface area contributed by atoms with Crippen LogP contribution in [0, 0.1) is 5.92 Å². The van der Waals surface area contributed by atoms with Crippen LogP contribution in [0.3, 0.4) is 0 Å². The monoisotopic (exact) mass is 375 g/mol. The summed E-state index contributed by atoms with van der Waals surface area (Å²) in [6, 6.07) is 9.14. The van der Waals surface area contributed by atoms with Crippen LogP contribution in [0.1, 0.15) is 20.3 Å². The number of hydrogen-bond acceptors (Lipinski definition) is 6. The Morgan fingerprint density at radius 2 is 2.00 bits per heavy atom. The van der Waals surface area contributed by atoms with Crippen LogP contribution in [0.2, 0.25) is 0 Å². The van der Waals surface area contributed by atoms with Crippen LogP contribution >= 0.6 is 11.8 Å². The molecule has 1 aromatic carbocycles. The van der Waals surface area contributed by atoms with Crippen molar-refractivity contribution < 1.29 is 23.9 Å². The van der Waals surface area contributed by atoms with Crippen molar-refractivity contribution in [2.24, 2.45) is 5.92 Å². The number of nitrogens with zero attached hydrogens (tertiary/aromatic N) is 1. The average molecular weight is 375 g/mol. The van der Waals surface area contributed by atoms with E-state index in [-0.39, 0.29) is 48.6 Å². The van der Waals surface area contributed by atoms with Gasteiger partial charge in [-0.2, -0.15) is 0 Å². The quantitative estimate of drug-likeness (QED) is 0.538. The molecule has 1 fully saturated rings. The molecule has 2 unspecified atom stereocenters. The standard InChI is InChI=1S/C19H21NO5S/c1-12-14(9-24-13(2)21)11-26-19-17(18(23)20(12)19)8-15(22)10-25-16-6-4-3-5-7-16/h3-7,17,19H,8-11H2,1-2H3. The number of ether oxygens (including phenoxy) is 2. The minimum absolute atomic E-state index is 0.0238. The molecule has 2 heterocycles. The highest BCUT2D eigenvalue weighted by molar-refractivity contribution is 8.00. The summed E-state index contributed by atoms with van der Waals surface area (Å²) in [7, 11) is 0. The van der Waals surface area contributed by atoms with E-state index in [0.29, 0.717) is 11.5 Å². The Balaban J connectivity index is 1.54. The van der Waals surface area contributed by atoms with E-state index in [9.17, 15) is 14.4 Å². The van der Waals surface area contributed by atoms with Gasteiger partial charge in [-0.1, -0.05) is 18.2 Å². The molecule has 3 rings (SSSR count). The van der Waals surface area contributed by atoms with Crippen LogP contribution in [0.5, 0.6) is 5.75 Å². The number of amides is 1. The number of allylic oxidation sites excluding steroid dienone is 1. The first kappa shape index (κ1) is 18.5. The number of β-lactam (4-membered cyclic amide) rings is 1. The van der Waals surface area contributed by atoms with Crippen LogP contribution in [-0.2, 0) is 19.1 Å². The fourth-order valence-corrected chi connectivity index (χ4v) is 4.56. The molecule has 6 nitrogen and oxygen atoms in total. The molecule has 0 aromatic heterocycles. The largest absolute Gasteiger partial charge is 0.486 e. The smallest absolute Gasteiger partial charge is 0.302 e. The lowest BCUT2D eigenvalue weighted by Crippen LogP contribution is -2.60. The van der Waals surface area contributed by atoms with Crippen molar-refractivity contribution in [3.05, 3.63) is 41.6 Å². The average Bonchev–Trinajstić information content (AvgIpc) is 2.63. The van der Waals surface area contributed by atoms with E-state index in [1.807, 2.05) is 25.1 Å². The number of ketones is 1. The van der Waals surface area contributed by atoms with Crippen LogP contribution in [0.4, 0.5) is 0 Å².